The molecule has 0 bridgehead atoms. The summed E-state index contributed by atoms with van der Waals surface area (Å²) in [4.78, 5) is 15.9. The number of nitrogens with zero attached hydrogens (tertiary/aromatic N) is 2. The molecule has 0 amide bonds. The van der Waals surface area contributed by atoms with Gasteiger partial charge in [-0.15, -0.1) is 10.1 Å². The average Bonchev–Trinajstić information content (AvgIpc) is 3.18. The Labute approximate surface area is 192 Å². The van der Waals surface area contributed by atoms with Gasteiger partial charge in [0, 0.05) is 5.92 Å². The monoisotopic (exact) mass is 450 g/mol. The molecule has 0 radical (unpaired) electrons. The van der Waals surface area contributed by atoms with E-state index in [4.69, 9.17) is 9.57 Å². The lowest BCUT2D eigenvalue weighted by molar-refractivity contribution is -0.770. The summed E-state index contributed by atoms with van der Waals surface area (Å²) in [6, 6.07) is 0. The topological polar surface area (TPSA) is 85.1 Å². The lowest BCUT2D eigenvalue weighted by Crippen LogP contribution is -2.59. The first-order valence-corrected chi connectivity index (χ1v) is 12.9. The van der Waals surface area contributed by atoms with Crippen LogP contribution in [0.1, 0.15) is 92.4 Å². The first-order valence-electron chi connectivity index (χ1n) is 12.9. The lowest BCUT2D eigenvalue weighted by atomic mass is 9.44. The fourth-order valence-electron chi connectivity index (χ4n) is 9.61. The maximum Gasteiger partial charge on any atom is 0.294 e. The van der Waals surface area contributed by atoms with Gasteiger partial charge in [0.15, 0.2) is 0 Å². The van der Waals surface area contributed by atoms with E-state index in [1.54, 1.807) is 0 Å². The van der Waals surface area contributed by atoms with Gasteiger partial charge in [0.1, 0.15) is 11.8 Å². The quantitative estimate of drug-likeness (QED) is 0.455. The Balaban J connectivity index is 1.36. The average molecular weight is 451 g/mol. The molecular formula is C25H42N2O5. The molecule has 4 aliphatic carbocycles. The Morgan fingerprint density at radius 3 is 2.31 bits per heavy atom. The van der Waals surface area contributed by atoms with E-state index >= 15 is 0 Å². The van der Waals surface area contributed by atoms with Gasteiger partial charge in [-0.2, -0.15) is 5.06 Å². The fraction of sp³-hybridized carbons (Fsp3) is 1.00. The van der Waals surface area contributed by atoms with Crippen molar-refractivity contribution in [3.63, 3.8) is 0 Å². The van der Waals surface area contributed by atoms with E-state index in [-0.39, 0.29) is 22.5 Å². The van der Waals surface area contributed by atoms with Crippen LogP contribution in [0.5, 0.6) is 0 Å². The maximum absolute atomic E-state index is 11.1. The van der Waals surface area contributed by atoms with Crippen molar-refractivity contribution in [2.75, 3.05) is 6.61 Å². The van der Waals surface area contributed by atoms with Crippen molar-refractivity contribution < 1.29 is 19.9 Å². The Kier molecular flexibility index (Phi) is 5.20. The normalized spacial score (nSPS) is 52.7. The minimum atomic E-state index is -0.612. The van der Waals surface area contributed by atoms with Gasteiger partial charge in [-0.3, -0.25) is 0 Å². The third kappa shape index (κ3) is 3.09. The highest BCUT2D eigenvalue weighted by Gasteiger charge is 2.66. The van der Waals surface area contributed by atoms with Crippen molar-refractivity contribution in [3.8, 4) is 0 Å². The van der Waals surface area contributed by atoms with E-state index in [9.17, 15) is 15.3 Å². The van der Waals surface area contributed by atoms with Gasteiger partial charge < -0.3 is 14.8 Å². The van der Waals surface area contributed by atoms with Crippen LogP contribution in [0, 0.1) is 50.5 Å². The van der Waals surface area contributed by atoms with E-state index in [1.165, 1.54) is 37.2 Å². The summed E-state index contributed by atoms with van der Waals surface area (Å²) >= 11 is 0. The predicted octanol–water partition coefficient (Wildman–Crippen LogP) is 5.44. The van der Waals surface area contributed by atoms with Crippen molar-refractivity contribution in [1.29, 1.82) is 0 Å². The van der Waals surface area contributed by atoms with E-state index in [2.05, 4.69) is 34.6 Å². The number of hydrogen-bond donors (Lipinski definition) is 1. The third-order valence-corrected chi connectivity index (χ3v) is 11.2. The minimum absolute atomic E-state index is 0.187. The number of ether oxygens (including phenoxy) is 1. The van der Waals surface area contributed by atoms with E-state index in [0.29, 0.717) is 30.3 Å². The molecule has 1 N–H and O–H groups in total. The molecule has 9 atom stereocenters. The Bertz CT molecular complexity index is 775. The summed E-state index contributed by atoms with van der Waals surface area (Å²) in [5, 5.41) is 22.9. The fourth-order valence-corrected chi connectivity index (χ4v) is 9.61. The molecule has 1 saturated heterocycles. The van der Waals surface area contributed by atoms with Crippen molar-refractivity contribution in [2.45, 2.75) is 110 Å². The molecule has 1 aliphatic heterocycles. The van der Waals surface area contributed by atoms with Crippen molar-refractivity contribution in [2.24, 2.45) is 40.4 Å². The van der Waals surface area contributed by atoms with Gasteiger partial charge in [-0.1, -0.05) is 13.8 Å². The predicted molar refractivity (Wildman–Crippen MR) is 119 cm³/mol. The second-order valence-corrected chi connectivity index (χ2v) is 13.0. The zero-order valence-electron chi connectivity index (χ0n) is 20.5. The van der Waals surface area contributed by atoms with Crippen LogP contribution in [0.4, 0.5) is 0 Å². The molecule has 5 rings (SSSR count). The van der Waals surface area contributed by atoms with Crippen LogP contribution in [0.25, 0.3) is 0 Å². The highest BCUT2D eigenvalue weighted by molar-refractivity contribution is 5.12. The van der Waals surface area contributed by atoms with Crippen LogP contribution < -0.4 is 0 Å². The molecule has 0 aromatic heterocycles. The largest absolute Gasteiger partial charge is 0.356 e. The van der Waals surface area contributed by atoms with Crippen molar-refractivity contribution in [3.05, 3.63) is 10.1 Å². The molecule has 7 nitrogen and oxygen atoms in total. The molecule has 32 heavy (non-hydrogen) atoms. The molecule has 5 unspecified atom stereocenters. The highest BCUT2D eigenvalue weighted by Crippen LogP contribution is 2.69. The van der Waals surface area contributed by atoms with E-state index < -0.39 is 10.8 Å². The van der Waals surface area contributed by atoms with Gasteiger partial charge in [-0.25, -0.2) is 0 Å². The first kappa shape index (κ1) is 22.9. The van der Waals surface area contributed by atoms with E-state index in [0.717, 1.165) is 31.6 Å². The molecule has 0 aromatic carbocycles. The molecule has 5 aliphatic rings. The smallest absolute Gasteiger partial charge is 0.294 e. The third-order valence-electron chi connectivity index (χ3n) is 11.2. The summed E-state index contributed by atoms with van der Waals surface area (Å²) in [5.74, 6) is 2.97. The zero-order valence-corrected chi connectivity index (χ0v) is 20.5. The molecule has 7 heteroatoms. The van der Waals surface area contributed by atoms with Gasteiger partial charge in [-0.05, 0) is 113 Å². The molecule has 182 valence electrons. The number of fused-ring (bicyclic) bond motifs is 5. The van der Waals surface area contributed by atoms with Crippen LogP contribution in [-0.2, 0) is 9.57 Å². The number of hydroxylamine groups is 2. The molecular weight excluding hydrogens is 408 g/mol. The maximum atomic E-state index is 11.1. The number of rotatable bonds is 3. The summed E-state index contributed by atoms with van der Waals surface area (Å²) in [7, 11) is 0. The molecule has 0 spiro atoms. The van der Waals surface area contributed by atoms with Crippen LogP contribution in [0.15, 0.2) is 0 Å². The molecule has 0 aromatic rings. The van der Waals surface area contributed by atoms with E-state index in [1.807, 2.05) is 0 Å². The highest BCUT2D eigenvalue weighted by atomic mass is 17.0. The Hall–Kier alpha value is -0.920. The Morgan fingerprint density at radius 1 is 0.969 bits per heavy atom. The molecule has 5 fully saturated rings. The van der Waals surface area contributed by atoms with Gasteiger partial charge in [0.2, 0.25) is 0 Å². The lowest BCUT2D eigenvalue weighted by Gasteiger charge is -2.61. The second kappa shape index (κ2) is 7.29. The number of hydrogen-bond acceptors (Lipinski definition) is 6. The standard InChI is InChI=1S/C25H42N2O5/c1-22(2)15-31-25(5,26(22)28)21-9-8-19-18-7-6-16-14-17(32-27(29)30)10-12-23(16,3)20(18)11-13-24(19,21)4/h16-21,28H,6-15H2,1-5H3/t16?,17-,18?,19?,20?,21+,23+,24+,25?/m1/s1. The SMILES string of the molecule is CC1(C)COC(C)([C@H]2CCC3C4CCC5C[C@H](O[N+](=O)[O-])CC[C@]5(C)C4CC[C@@]32C)N1O. The summed E-state index contributed by atoms with van der Waals surface area (Å²) in [5.41, 5.74) is -0.501. The second-order valence-electron chi connectivity index (χ2n) is 13.0. The Morgan fingerprint density at radius 2 is 1.66 bits per heavy atom. The van der Waals surface area contributed by atoms with Gasteiger partial charge >= 0.3 is 0 Å². The van der Waals surface area contributed by atoms with Crippen LogP contribution in [0.2, 0.25) is 0 Å². The summed E-state index contributed by atoms with van der Waals surface area (Å²) in [6.45, 7) is 11.8. The van der Waals surface area contributed by atoms with Crippen LogP contribution >= 0.6 is 0 Å². The molecule has 1 heterocycles. The van der Waals surface area contributed by atoms with Crippen molar-refractivity contribution >= 4 is 0 Å². The first-order chi connectivity index (χ1) is 14.9. The van der Waals surface area contributed by atoms with Gasteiger partial charge in [0.05, 0.1) is 12.1 Å². The van der Waals surface area contributed by atoms with Gasteiger partial charge in [0.25, 0.3) is 5.09 Å². The zero-order chi connectivity index (χ0) is 23.1. The molecule has 4 saturated carbocycles. The summed E-state index contributed by atoms with van der Waals surface area (Å²) in [6.07, 6.45) is 9.63. The van der Waals surface area contributed by atoms with Crippen molar-refractivity contribution in [1.82, 2.24) is 5.06 Å². The van der Waals surface area contributed by atoms with Crippen LogP contribution in [-0.4, -0.2) is 39.3 Å². The van der Waals surface area contributed by atoms with Crippen LogP contribution in [0.3, 0.4) is 0 Å². The summed E-state index contributed by atoms with van der Waals surface area (Å²) < 4.78 is 6.36. The minimum Gasteiger partial charge on any atom is -0.356 e.